The second-order valence-corrected chi connectivity index (χ2v) is 6.88. The van der Waals surface area contributed by atoms with E-state index in [1.54, 1.807) is 5.38 Å². The monoisotopic (exact) mass is 282 g/mol. The molecular weight excluding hydrogens is 260 g/mol. The molecule has 0 amide bonds. The predicted octanol–water partition coefficient (Wildman–Crippen LogP) is 3.84. The van der Waals surface area contributed by atoms with Crippen molar-refractivity contribution in [1.29, 1.82) is 0 Å². The van der Waals surface area contributed by atoms with Crippen LogP contribution in [-0.2, 0) is 4.74 Å². The molecule has 1 heterocycles. The molecule has 0 atom stereocenters. The molecule has 1 saturated carbocycles. The fraction of sp³-hybridized carbons (Fsp3) is 0.714. The van der Waals surface area contributed by atoms with Gasteiger partial charge in [0.2, 0.25) is 0 Å². The smallest absolute Gasteiger partial charge is 0.358 e. The van der Waals surface area contributed by atoms with Crippen molar-refractivity contribution in [3.05, 3.63) is 11.1 Å². The predicted molar refractivity (Wildman–Crippen MR) is 77.8 cm³/mol. The largest absolute Gasteiger partial charge is 0.455 e. The minimum atomic E-state index is -0.475. The second-order valence-electron chi connectivity index (χ2n) is 6.02. The Bertz CT molecular complexity index is 431. The van der Waals surface area contributed by atoms with Crippen molar-refractivity contribution in [1.82, 2.24) is 4.98 Å². The Kier molecular flexibility index (Phi) is 4.45. The van der Waals surface area contributed by atoms with Crippen molar-refractivity contribution in [2.45, 2.75) is 64.5 Å². The van der Waals surface area contributed by atoms with Gasteiger partial charge in [-0.25, -0.2) is 9.78 Å². The summed E-state index contributed by atoms with van der Waals surface area (Å²) in [5.41, 5.74) is -0.0734. The van der Waals surface area contributed by atoms with Gasteiger partial charge in [-0.15, -0.1) is 11.3 Å². The molecule has 106 valence electrons. The highest BCUT2D eigenvalue weighted by Crippen LogP contribution is 2.24. The number of thiazole rings is 1. The number of carbonyl (C=O) groups is 1. The molecule has 1 aliphatic rings. The molecular formula is C14H22N2O2S. The van der Waals surface area contributed by atoms with E-state index in [1.807, 2.05) is 20.8 Å². The minimum Gasteiger partial charge on any atom is -0.455 e. The third-order valence-electron chi connectivity index (χ3n) is 3.04. The van der Waals surface area contributed by atoms with Crippen LogP contribution in [0.3, 0.4) is 0 Å². The van der Waals surface area contributed by atoms with Gasteiger partial charge in [-0.05, 0) is 33.6 Å². The van der Waals surface area contributed by atoms with Crippen molar-refractivity contribution in [2.24, 2.45) is 0 Å². The minimum absolute atomic E-state index is 0.347. The Morgan fingerprint density at radius 2 is 2.05 bits per heavy atom. The molecule has 0 spiro atoms. The number of nitrogens with zero attached hydrogens (tertiary/aromatic N) is 1. The van der Waals surface area contributed by atoms with Crippen LogP contribution in [0.1, 0.15) is 63.4 Å². The Morgan fingerprint density at radius 1 is 1.37 bits per heavy atom. The Morgan fingerprint density at radius 3 is 2.68 bits per heavy atom. The van der Waals surface area contributed by atoms with Gasteiger partial charge in [-0.2, -0.15) is 0 Å². The van der Waals surface area contributed by atoms with Gasteiger partial charge in [-0.1, -0.05) is 19.3 Å². The lowest BCUT2D eigenvalue weighted by Crippen LogP contribution is -2.24. The number of rotatable bonds is 3. The second kappa shape index (κ2) is 5.90. The highest BCUT2D eigenvalue weighted by atomic mass is 32.1. The lowest BCUT2D eigenvalue weighted by atomic mass is 9.96. The van der Waals surface area contributed by atoms with Gasteiger partial charge in [0.25, 0.3) is 0 Å². The molecule has 2 rings (SSSR count). The number of hydrogen-bond acceptors (Lipinski definition) is 5. The number of esters is 1. The van der Waals surface area contributed by atoms with E-state index >= 15 is 0 Å². The molecule has 1 N–H and O–H groups in total. The van der Waals surface area contributed by atoms with Crippen LogP contribution < -0.4 is 5.32 Å². The molecule has 0 unspecified atom stereocenters. The van der Waals surface area contributed by atoms with E-state index in [1.165, 1.54) is 43.4 Å². The summed E-state index contributed by atoms with van der Waals surface area (Å²) in [6.45, 7) is 5.58. The lowest BCUT2D eigenvalue weighted by Gasteiger charge is -2.22. The molecule has 0 radical (unpaired) electrons. The van der Waals surface area contributed by atoms with Crippen LogP contribution in [-0.4, -0.2) is 22.6 Å². The number of anilines is 1. The highest BCUT2D eigenvalue weighted by Gasteiger charge is 2.21. The van der Waals surface area contributed by atoms with Gasteiger partial charge < -0.3 is 10.1 Å². The van der Waals surface area contributed by atoms with E-state index in [2.05, 4.69) is 10.3 Å². The summed E-state index contributed by atoms with van der Waals surface area (Å²) in [4.78, 5) is 16.2. The molecule has 4 nitrogen and oxygen atoms in total. The number of carbonyl (C=O) groups excluding carboxylic acids is 1. The van der Waals surface area contributed by atoms with E-state index < -0.39 is 5.60 Å². The summed E-state index contributed by atoms with van der Waals surface area (Å²) in [7, 11) is 0. The summed E-state index contributed by atoms with van der Waals surface area (Å²) >= 11 is 1.47. The molecule has 1 aromatic heterocycles. The topological polar surface area (TPSA) is 51.2 Å². The van der Waals surface area contributed by atoms with Gasteiger partial charge in [-0.3, -0.25) is 0 Å². The van der Waals surface area contributed by atoms with Crippen molar-refractivity contribution >= 4 is 22.4 Å². The molecule has 1 fully saturated rings. The normalized spacial score (nSPS) is 17.2. The fourth-order valence-electron chi connectivity index (χ4n) is 2.19. The molecule has 1 aromatic rings. The molecule has 0 aromatic carbocycles. The van der Waals surface area contributed by atoms with Crippen molar-refractivity contribution in [3.63, 3.8) is 0 Å². The van der Waals surface area contributed by atoms with Gasteiger partial charge in [0.15, 0.2) is 10.8 Å². The molecule has 0 bridgehead atoms. The molecule has 19 heavy (non-hydrogen) atoms. The fourth-order valence-corrected chi connectivity index (χ4v) is 2.94. The summed E-state index contributed by atoms with van der Waals surface area (Å²) in [5, 5.41) is 6.01. The Labute approximate surface area is 118 Å². The quantitative estimate of drug-likeness (QED) is 0.856. The highest BCUT2D eigenvalue weighted by molar-refractivity contribution is 7.13. The van der Waals surface area contributed by atoms with E-state index in [4.69, 9.17) is 4.74 Å². The average molecular weight is 282 g/mol. The maximum Gasteiger partial charge on any atom is 0.358 e. The molecule has 0 saturated heterocycles. The standard InChI is InChI=1S/C14H22N2O2S/c1-14(2,3)18-12(17)11-9-19-13(16-11)15-10-7-5-4-6-8-10/h9-10H,4-8H2,1-3H3,(H,15,16). The van der Waals surface area contributed by atoms with Crippen LogP contribution >= 0.6 is 11.3 Å². The van der Waals surface area contributed by atoms with Crippen LogP contribution in [0.4, 0.5) is 5.13 Å². The van der Waals surface area contributed by atoms with E-state index in [9.17, 15) is 4.79 Å². The van der Waals surface area contributed by atoms with E-state index in [0.29, 0.717) is 11.7 Å². The first kappa shape index (κ1) is 14.3. The number of ether oxygens (including phenoxy) is 1. The molecule has 5 heteroatoms. The third-order valence-corrected chi connectivity index (χ3v) is 3.82. The summed E-state index contributed by atoms with van der Waals surface area (Å²) < 4.78 is 5.30. The zero-order valence-electron chi connectivity index (χ0n) is 11.9. The average Bonchev–Trinajstić information content (AvgIpc) is 2.77. The summed E-state index contributed by atoms with van der Waals surface area (Å²) in [6.07, 6.45) is 6.28. The van der Waals surface area contributed by atoms with Crippen LogP contribution in [0.2, 0.25) is 0 Å². The van der Waals surface area contributed by atoms with E-state index in [0.717, 1.165) is 5.13 Å². The maximum atomic E-state index is 11.9. The maximum absolute atomic E-state index is 11.9. The summed E-state index contributed by atoms with van der Waals surface area (Å²) in [6, 6.07) is 0.506. The van der Waals surface area contributed by atoms with Crippen molar-refractivity contribution in [3.8, 4) is 0 Å². The van der Waals surface area contributed by atoms with Crippen LogP contribution in [0.25, 0.3) is 0 Å². The first-order chi connectivity index (χ1) is 8.94. The van der Waals surface area contributed by atoms with Crippen molar-refractivity contribution in [2.75, 3.05) is 5.32 Å². The van der Waals surface area contributed by atoms with Crippen LogP contribution in [0.5, 0.6) is 0 Å². The Balaban J connectivity index is 1.92. The van der Waals surface area contributed by atoms with Crippen LogP contribution in [0, 0.1) is 0 Å². The summed E-state index contributed by atoms with van der Waals surface area (Å²) in [5.74, 6) is -0.347. The lowest BCUT2D eigenvalue weighted by molar-refractivity contribution is 0.00638. The zero-order valence-corrected chi connectivity index (χ0v) is 12.7. The first-order valence-corrected chi connectivity index (χ1v) is 7.77. The van der Waals surface area contributed by atoms with E-state index in [-0.39, 0.29) is 5.97 Å². The number of aromatic nitrogens is 1. The number of nitrogens with one attached hydrogen (secondary N) is 1. The van der Waals surface area contributed by atoms with Gasteiger partial charge in [0, 0.05) is 11.4 Å². The van der Waals surface area contributed by atoms with Crippen LogP contribution in [0.15, 0.2) is 5.38 Å². The molecule has 1 aliphatic carbocycles. The van der Waals surface area contributed by atoms with Gasteiger partial charge in [0.05, 0.1) is 0 Å². The Hall–Kier alpha value is -1.10. The third kappa shape index (κ3) is 4.49. The zero-order chi connectivity index (χ0) is 13.9. The van der Waals surface area contributed by atoms with Gasteiger partial charge in [0.1, 0.15) is 5.60 Å². The molecule has 0 aliphatic heterocycles. The first-order valence-electron chi connectivity index (χ1n) is 6.89. The van der Waals surface area contributed by atoms with Crippen molar-refractivity contribution < 1.29 is 9.53 Å². The number of hydrogen-bond donors (Lipinski definition) is 1. The SMILES string of the molecule is CC(C)(C)OC(=O)c1csc(NC2CCCCC2)n1. The van der Waals surface area contributed by atoms with Gasteiger partial charge >= 0.3 is 5.97 Å².